The third-order valence-corrected chi connectivity index (χ3v) is 3.14. The molecule has 0 aromatic rings. The zero-order valence-electron chi connectivity index (χ0n) is 8.51. The lowest BCUT2D eigenvalue weighted by Gasteiger charge is -2.34. The van der Waals surface area contributed by atoms with E-state index >= 15 is 0 Å². The molecule has 1 aliphatic carbocycles. The van der Waals surface area contributed by atoms with Crippen molar-refractivity contribution in [1.82, 2.24) is 0 Å². The molecular formula is C11H18O2. The SMILES string of the molecule is CCCC1(C)CCCC(C=O)C1=O. The van der Waals surface area contributed by atoms with E-state index in [4.69, 9.17) is 0 Å². The maximum atomic E-state index is 11.8. The van der Waals surface area contributed by atoms with Crippen LogP contribution in [0.3, 0.4) is 0 Å². The smallest absolute Gasteiger partial charge is 0.148 e. The summed E-state index contributed by atoms with van der Waals surface area (Å²) < 4.78 is 0. The summed E-state index contributed by atoms with van der Waals surface area (Å²) in [4.78, 5) is 22.5. The van der Waals surface area contributed by atoms with Gasteiger partial charge in [0.1, 0.15) is 12.1 Å². The molecule has 2 unspecified atom stereocenters. The first-order chi connectivity index (χ1) is 6.14. The van der Waals surface area contributed by atoms with E-state index in [0.717, 1.165) is 38.4 Å². The molecule has 2 nitrogen and oxygen atoms in total. The number of hydrogen-bond acceptors (Lipinski definition) is 2. The fraction of sp³-hybridized carbons (Fsp3) is 0.818. The van der Waals surface area contributed by atoms with Crippen LogP contribution in [0.2, 0.25) is 0 Å². The molecule has 0 bridgehead atoms. The first-order valence-electron chi connectivity index (χ1n) is 5.13. The van der Waals surface area contributed by atoms with Crippen molar-refractivity contribution in [3.05, 3.63) is 0 Å². The van der Waals surface area contributed by atoms with Crippen LogP contribution in [0, 0.1) is 11.3 Å². The minimum absolute atomic E-state index is 0.176. The van der Waals surface area contributed by atoms with E-state index in [-0.39, 0.29) is 17.1 Å². The van der Waals surface area contributed by atoms with E-state index in [1.165, 1.54) is 0 Å². The van der Waals surface area contributed by atoms with Gasteiger partial charge in [-0.3, -0.25) is 4.79 Å². The largest absolute Gasteiger partial charge is 0.303 e. The maximum Gasteiger partial charge on any atom is 0.148 e. The third kappa shape index (κ3) is 1.98. The summed E-state index contributed by atoms with van der Waals surface area (Å²) in [5, 5.41) is 0. The normalized spacial score (nSPS) is 34.6. The van der Waals surface area contributed by atoms with Gasteiger partial charge in [0, 0.05) is 5.41 Å². The lowest BCUT2D eigenvalue weighted by molar-refractivity contribution is -0.138. The molecule has 0 aromatic heterocycles. The van der Waals surface area contributed by atoms with Crippen molar-refractivity contribution in [1.29, 1.82) is 0 Å². The van der Waals surface area contributed by atoms with Gasteiger partial charge in [0.25, 0.3) is 0 Å². The number of carbonyl (C=O) groups excluding carboxylic acids is 2. The Morgan fingerprint density at radius 1 is 1.62 bits per heavy atom. The van der Waals surface area contributed by atoms with Crippen LogP contribution in [-0.4, -0.2) is 12.1 Å². The van der Waals surface area contributed by atoms with Gasteiger partial charge in [-0.1, -0.05) is 26.7 Å². The standard InChI is InChI=1S/C11H18O2/c1-3-6-11(2)7-4-5-9(8-12)10(11)13/h8-9H,3-7H2,1-2H3. The second kappa shape index (κ2) is 4.03. The van der Waals surface area contributed by atoms with Crippen LogP contribution >= 0.6 is 0 Å². The molecule has 0 aliphatic heterocycles. The molecule has 2 heteroatoms. The molecule has 0 amide bonds. The molecule has 1 aliphatic rings. The van der Waals surface area contributed by atoms with E-state index in [1.54, 1.807) is 0 Å². The average molecular weight is 182 g/mol. The highest BCUT2D eigenvalue weighted by molar-refractivity contribution is 5.97. The van der Waals surface area contributed by atoms with E-state index in [2.05, 4.69) is 6.92 Å². The molecule has 0 heterocycles. The minimum Gasteiger partial charge on any atom is -0.303 e. The highest BCUT2D eigenvalue weighted by Crippen LogP contribution is 2.38. The molecule has 74 valence electrons. The highest BCUT2D eigenvalue weighted by Gasteiger charge is 2.39. The van der Waals surface area contributed by atoms with Gasteiger partial charge >= 0.3 is 0 Å². The quantitative estimate of drug-likeness (QED) is 0.496. The van der Waals surface area contributed by atoms with Crippen molar-refractivity contribution >= 4 is 12.1 Å². The second-order valence-corrected chi connectivity index (χ2v) is 4.31. The number of carbonyl (C=O) groups is 2. The molecule has 0 N–H and O–H groups in total. The lowest BCUT2D eigenvalue weighted by Crippen LogP contribution is -2.38. The Bertz CT molecular complexity index is 206. The summed E-state index contributed by atoms with van der Waals surface area (Å²) in [6.45, 7) is 4.09. The predicted molar refractivity (Wildman–Crippen MR) is 51.4 cm³/mol. The number of rotatable bonds is 3. The maximum absolute atomic E-state index is 11.8. The first kappa shape index (κ1) is 10.4. The van der Waals surface area contributed by atoms with Crippen LogP contribution in [0.15, 0.2) is 0 Å². The molecule has 2 atom stereocenters. The molecule has 1 rings (SSSR count). The number of ketones is 1. The predicted octanol–water partition coefficient (Wildman–Crippen LogP) is 2.36. The van der Waals surface area contributed by atoms with Gasteiger partial charge in [-0.05, 0) is 19.3 Å². The van der Waals surface area contributed by atoms with Crippen LogP contribution in [0.1, 0.15) is 46.0 Å². The van der Waals surface area contributed by atoms with Gasteiger partial charge in [-0.25, -0.2) is 0 Å². The van der Waals surface area contributed by atoms with Gasteiger partial charge in [-0.2, -0.15) is 0 Å². The van der Waals surface area contributed by atoms with Crippen LogP contribution in [0.25, 0.3) is 0 Å². The van der Waals surface area contributed by atoms with Crippen LogP contribution < -0.4 is 0 Å². The second-order valence-electron chi connectivity index (χ2n) is 4.31. The molecule has 0 radical (unpaired) electrons. The monoisotopic (exact) mass is 182 g/mol. The summed E-state index contributed by atoms with van der Waals surface area (Å²) in [7, 11) is 0. The Hall–Kier alpha value is -0.660. The van der Waals surface area contributed by atoms with Crippen molar-refractivity contribution in [3.63, 3.8) is 0 Å². The molecule has 0 aromatic carbocycles. The number of Topliss-reactive ketones (excluding diaryl/α,β-unsaturated/α-hetero) is 1. The van der Waals surface area contributed by atoms with Gasteiger partial charge < -0.3 is 4.79 Å². The molecular weight excluding hydrogens is 164 g/mol. The van der Waals surface area contributed by atoms with E-state index in [0.29, 0.717) is 0 Å². The Balaban J connectivity index is 2.74. The lowest BCUT2D eigenvalue weighted by atomic mass is 9.68. The van der Waals surface area contributed by atoms with Gasteiger partial charge in [0.05, 0.1) is 5.92 Å². The summed E-state index contributed by atoms with van der Waals surface area (Å²) in [6.07, 6.45) is 5.52. The molecule has 13 heavy (non-hydrogen) atoms. The summed E-state index contributed by atoms with van der Waals surface area (Å²) in [5.74, 6) is -0.138. The third-order valence-electron chi connectivity index (χ3n) is 3.14. The molecule has 1 fully saturated rings. The summed E-state index contributed by atoms with van der Waals surface area (Å²) >= 11 is 0. The van der Waals surface area contributed by atoms with Crippen molar-refractivity contribution in [2.24, 2.45) is 11.3 Å². The fourth-order valence-corrected chi connectivity index (χ4v) is 2.34. The van der Waals surface area contributed by atoms with Crippen molar-refractivity contribution in [2.75, 3.05) is 0 Å². The Kier molecular flexibility index (Phi) is 3.23. The fourth-order valence-electron chi connectivity index (χ4n) is 2.34. The van der Waals surface area contributed by atoms with E-state index in [1.807, 2.05) is 6.92 Å². The molecule has 0 spiro atoms. The zero-order valence-corrected chi connectivity index (χ0v) is 8.51. The number of aldehydes is 1. The summed E-state index contributed by atoms with van der Waals surface area (Å²) in [6, 6.07) is 0. The molecule has 1 saturated carbocycles. The first-order valence-corrected chi connectivity index (χ1v) is 5.13. The van der Waals surface area contributed by atoms with Crippen molar-refractivity contribution in [3.8, 4) is 0 Å². The van der Waals surface area contributed by atoms with E-state index < -0.39 is 0 Å². The summed E-state index contributed by atoms with van der Waals surface area (Å²) in [5.41, 5.74) is -0.210. The highest BCUT2D eigenvalue weighted by atomic mass is 16.1. The number of hydrogen-bond donors (Lipinski definition) is 0. The van der Waals surface area contributed by atoms with Crippen LogP contribution in [0.4, 0.5) is 0 Å². The van der Waals surface area contributed by atoms with Gasteiger partial charge in [-0.15, -0.1) is 0 Å². The Morgan fingerprint density at radius 3 is 2.85 bits per heavy atom. The van der Waals surface area contributed by atoms with Gasteiger partial charge in [0.2, 0.25) is 0 Å². The van der Waals surface area contributed by atoms with Gasteiger partial charge in [0.15, 0.2) is 0 Å². The van der Waals surface area contributed by atoms with E-state index in [9.17, 15) is 9.59 Å². The topological polar surface area (TPSA) is 34.1 Å². The minimum atomic E-state index is -0.315. The zero-order chi connectivity index (χ0) is 9.90. The Labute approximate surface area is 79.7 Å². The van der Waals surface area contributed by atoms with Crippen molar-refractivity contribution < 1.29 is 9.59 Å². The molecule has 0 saturated heterocycles. The van der Waals surface area contributed by atoms with Crippen LogP contribution in [-0.2, 0) is 9.59 Å². The average Bonchev–Trinajstić information content (AvgIpc) is 2.11. The van der Waals surface area contributed by atoms with Crippen molar-refractivity contribution in [2.45, 2.75) is 46.0 Å². The van der Waals surface area contributed by atoms with Crippen LogP contribution in [0.5, 0.6) is 0 Å². The Morgan fingerprint density at radius 2 is 2.31 bits per heavy atom.